The van der Waals surface area contributed by atoms with E-state index in [0.29, 0.717) is 0 Å². The highest BCUT2D eigenvalue weighted by Gasteiger charge is 2.24. The minimum absolute atomic E-state index is 0.903. The molecule has 0 heterocycles. The fraction of sp³-hybridized carbons (Fsp3) is 1.00. The Labute approximate surface area is 96.8 Å². The van der Waals surface area contributed by atoms with Crippen LogP contribution in [0.4, 0.5) is 0 Å². The third kappa shape index (κ3) is 5.58. The van der Waals surface area contributed by atoms with E-state index in [-0.39, 0.29) is 0 Å². The summed E-state index contributed by atoms with van der Waals surface area (Å²) in [5, 5.41) is 0. The van der Waals surface area contributed by atoms with Gasteiger partial charge in [0.2, 0.25) is 0 Å². The van der Waals surface area contributed by atoms with Gasteiger partial charge in [0.15, 0.2) is 0 Å². The predicted molar refractivity (Wildman–Crippen MR) is 69.0 cm³/mol. The van der Waals surface area contributed by atoms with Gasteiger partial charge in [-0.05, 0) is 30.1 Å². The van der Waals surface area contributed by atoms with E-state index in [1.54, 1.807) is 6.42 Å². The van der Waals surface area contributed by atoms with Crippen LogP contribution in [-0.2, 0) is 0 Å². The Bertz CT molecular complexity index is 139. The molecule has 15 heavy (non-hydrogen) atoms. The molecule has 1 rings (SSSR count). The van der Waals surface area contributed by atoms with Crippen LogP contribution in [0, 0.1) is 23.7 Å². The largest absolute Gasteiger partial charge is 0.0628 e. The van der Waals surface area contributed by atoms with Crippen molar-refractivity contribution in [1.82, 2.24) is 0 Å². The summed E-state index contributed by atoms with van der Waals surface area (Å²) in [6, 6.07) is 0. The van der Waals surface area contributed by atoms with E-state index >= 15 is 0 Å². The Morgan fingerprint density at radius 1 is 0.800 bits per heavy atom. The summed E-state index contributed by atoms with van der Waals surface area (Å²) in [5.74, 6) is 3.95. The molecule has 2 atom stereocenters. The second-order valence-corrected chi connectivity index (χ2v) is 6.49. The molecule has 0 saturated heterocycles. The Hall–Kier alpha value is 0. The van der Waals surface area contributed by atoms with Crippen molar-refractivity contribution < 1.29 is 0 Å². The third-order valence-corrected chi connectivity index (χ3v) is 3.95. The Balaban J connectivity index is 2.10. The summed E-state index contributed by atoms with van der Waals surface area (Å²) in [7, 11) is 0. The summed E-state index contributed by atoms with van der Waals surface area (Å²) < 4.78 is 0. The summed E-state index contributed by atoms with van der Waals surface area (Å²) in [4.78, 5) is 0. The standard InChI is InChI=1S/C15H30/c1-12(2)5-7-14-9-10-15(11-14)8-6-13(3)4/h12-15H,5-11H2,1-4H3. The van der Waals surface area contributed by atoms with Gasteiger partial charge in [0.1, 0.15) is 0 Å². The first-order valence-corrected chi connectivity index (χ1v) is 7.08. The van der Waals surface area contributed by atoms with Crippen LogP contribution < -0.4 is 0 Å². The average molecular weight is 210 g/mol. The Morgan fingerprint density at radius 3 is 1.53 bits per heavy atom. The lowest BCUT2D eigenvalue weighted by Gasteiger charge is -2.13. The fourth-order valence-corrected chi connectivity index (χ4v) is 2.84. The molecule has 0 aromatic rings. The molecule has 1 aliphatic rings. The Morgan fingerprint density at radius 2 is 1.20 bits per heavy atom. The second kappa shape index (κ2) is 6.55. The number of rotatable bonds is 6. The molecule has 2 unspecified atom stereocenters. The highest BCUT2D eigenvalue weighted by molar-refractivity contribution is 4.76. The van der Waals surface area contributed by atoms with Crippen LogP contribution in [0.25, 0.3) is 0 Å². The molecule has 0 aromatic heterocycles. The maximum absolute atomic E-state index is 2.35. The van der Waals surface area contributed by atoms with Crippen LogP contribution in [0.2, 0.25) is 0 Å². The van der Waals surface area contributed by atoms with Gasteiger partial charge in [0.05, 0.1) is 0 Å². The Kier molecular flexibility index (Phi) is 5.71. The molecular weight excluding hydrogens is 180 g/mol. The number of hydrogen-bond acceptors (Lipinski definition) is 0. The van der Waals surface area contributed by atoms with E-state index in [1.165, 1.54) is 38.5 Å². The van der Waals surface area contributed by atoms with Crippen molar-refractivity contribution in [3.8, 4) is 0 Å². The van der Waals surface area contributed by atoms with Gasteiger partial charge in [0.25, 0.3) is 0 Å². The molecular formula is C15H30. The third-order valence-electron chi connectivity index (χ3n) is 3.95. The summed E-state index contributed by atoms with van der Waals surface area (Å²) in [6.45, 7) is 9.41. The highest BCUT2D eigenvalue weighted by Crippen LogP contribution is 2.37. The molecule has 1 aliphatic carbocycles. The first kappa shape index (κ1) is 13.1. The fourth-order valence-electron chi connectivity index (χ4n) is 2.84. The minimum Gasteiger partial charge on any atom is -0.0628 e. The SMILES string of the molecule is CC(C)CCC1CCC(CCC(C)C)C1. The van der Waals surface area contributed by atoms with Crippen LogP contribution in [0.15, 0.2) is 0 Å². The maximum atomic E-state index is 2.35. The maximum Gasteiger partial charge on any atom is -0.0411 e. The molecule has 0 amide bonds. The summed E-state index contributed by atoms with van der Waals surface area (Å²) >= 11 is 0. The van der Waals surface area contributed by atoms with Gasteiger partial charge in [-0.3, -0.25) is 0 Å². The van der Waals surface area contributed by atoms with Gasteiger partial charge in [-0.25, -0.2) is 0 Å². The number of hydrogen-bond donors (Lipinski definition) is 0. The molecule has 1 saturated carbocycles. The van der Waals surface area contributed by atoms with Crippen molar-refractivity contribution >= 4 is 0 Å². The van der Waals surface area contributed by atoms with Crippen molar-refractivity contribution in [3.63, 3.8) is 0 Å². The van der Waals surface area contributed by atoms with Crippen molar-refractivity contribution in [2.75, 3.05) is 0 Å². The first-order valence-electron chi connectivity index (χ1n) is 7.08. The average Bonchev–Trinajstić information content (AvgIpc) is 2.59. The zero-order chi connectivity index (χ0) is 11.3. The predicted octanol–water partition coefficient (Wildman–Crippen LogP) is 5.28. The lowest BCUT2D eigenvalue weighted by atomic mass is 9.93. The van der Waals surface area contributed by atoms with Crippen molar-refractivity contribution in [3.05, 3.63) is 0 Å². The van der Waals surface area contributed by atoms with E-state index < -0.39 is 0 Å². The van der Waals surface area contributed by atoms with Crippen LogP contribution >= 0.6 is 0 Å². The van der Waals surface area contributed by atoms with Crippen LogP contribution in [-0.4, -0.2) is 0 Å². The normalized spacial score (nSPS) is 26.8. The lowest BCUT2D eigenvalue weighted by Crippen LogP contribution is -2.00. The van der Waals surface area contributed by atoms with Crippen LogP contribution in [0.1, 0.15) is 72.6 Å². The molecule has 0 bridgehead atoms. The smallest absolute Gasteiger partial charge is 0.0411 e. The van der Waals surface area contributed by atoms with E-state index in [2.05, 4.69) is 27.7 Å². The molecule has 1 fully saturated rings. The van der Waals surface area contributed by atoms with Gasteiger partial charge in [-0.1, -0.05) is 66.2 Å². The second-order valence-electron chi connectivity index (χ2n) is 6.49. The summed E-state index contributed by atoms with van der Waals surface area (Å²) in [5.41, 5.74) is 0. The topological polar surface area (TPSA) is 0 Å². The highest BCUT2D eigenvalue weighted by atomic mass is 14.3. The van der Waals surface area contributed by atoms with Gasteiger partial charge < -0.3 is 0 Å². The molecule has 0 nitrogen and oxygen atoms in total. The zero-order valence-corrected chi connectivity index (χ0v) is 11.3. The molecule has 0 radical (unpaired) electrons. The van der Waals surface area contributed by atoms with E-state index in [1.807, 2.05) is 0 Å². The van der Waals surface area contributed by atoms with E-state index in [9.17, 15) is 0 Å². The molecule has 0 spiro atoms. The monoisotopic (exact) mass is 210 g/mol. The van der Waals surface area contributed by atoms with Crippen molar-refractivity contribution in [2.24, 2.45) is 23.7 Å². The molecule has 0 heteroatoms. The van der Waals surface area contributed by atoms with Gasteiger partial charge in [-0.15, -0.1) is 0 Å². The van der Waals surface area contributed by atoms with Gasteiger partial charge in [-0.2, -0.15) is 0 Å². The molecule has 0 aliphatic heterocycles. The first-order chi connectivity index (χ1) is 7.08. The molecule has 0 N–H and O–H groups in total. The molecule has 90 valence electrons. The van der Waals surface area contributed by atoms with E-state index in [0.717, 1.165) is 23.7 Å². The van der Waals surface area contributed by atoms with Crippen LogP contribution in [0.5, 0.6) is 0 Å². The quantitative estimate of drug-likeness (QED) is 0.560. The van der Waals surface area contributed by atoms with Gasteiger partial charge >= 0.3 is 0 Å². The molecule has 0 aromatic carbocycles. The lowest BCUT2D eigenvalue weighted by molar-refractivity contribution is 0.389. The van der Waals surface area contributed by atoms with Crippen LogP contribution in [0.3, 0.4) is 0 Å². The van der Waals surface area contributed by atoms with Crippen molar-refractivity contribution in [1.29, 1.82) is 0 Å². The zero-order valence-electron chi connectivity index (χ0n) is 11.3. The van der Waals surface area contributed by atoms with E-state index in [4.69, 9.17) is 0 Å². The minimum atomic E-state index is 0.903. The summed E-state index contributed by atoms with van der Waals surface area (Å²) in [6.07, 6.45) is 10.5. The van der Waals surface area contributed by atoms with Crippen molar-refractivity contribution in [2.45, 2.75) is 72.6 Å². The van der Waals surface area contributed by atoms with Gasteiger partial charge in [0, 0.05) is 0 Å².